The van der Waals surface area contributed by atoms with Crippen LogP contribution in [0.2, 0.25) is 0 Å². The summed E-state index contributed by atoms with van der Waals surface area (Å²) >= 11 is 0. The van der Waals surface area contributed by atoms with Gasteiger partial charge in [-0.15, -0.1) is 0 Å². The molecule has 3 aromatic carbocycles. The van der Waals surface area contributed by atoms with Crippen molar-refractivity contribution in [3.05, 3.63) is 101 Å². The average Bonchev–Trinajstić information content (AvgIpc) is 2.92. The van der Waals surface area contributed by atoms with Crippen molar-refractivity contribution in [1.82, 2.24) is 9.80 Å². The zero-order chi connectivity index (χ0) is 26.4. The van der Waals surface area contributed by atoms with E-state index in [1.807, 2.05) is 24.3 Å². The Morgan fingerprint density at radius 2 is 1.39 bits per heavy atom. The van der Waals surface area contributed by atoms with E-state index < -0.39 is 11.6 Å². The Morgan fingerprint density at radius 1 is 0.684 bits per heavy atom. The van der Waals surface area contributed by atoms with E-state index >= 15 is 0 Å². The topological polar surface area (TPSA) is 15.7 Å². The van der Waals surface area contributed by atoms with Gasteiger partial charge in [0.1, 0.15) is 18.2 Å². The maximum Gasteiger partial charge on any atom is 0.163 e. The molecule has 0 bridgehead atoms. The second-order valence-corrected chi connectivity index (χ2v) is 11.0. The lowest BCUT2D eigenvalue weighted by Crippen LogP contribution is -2.47. The van der Waals surface area contributed by atoms with Gasteiger partial charge in [-0.05, 0) is 74.4 Å². The molecule has 5 rings (SSSR count). The van der Waals surface area contributed by atoms with Gasteiger partial charge in [0.25, 0.3) is 0 Å². The van der Waals surface area contributed by atoms with Gasteiger partial charge in [0, 0.05) is 37.3 Å². The molecule has 0 aromatic heterocycles. The maximum absolute atomic E-state index is 14.6. The van der Waals surface area contributed by atoms with Crippen molar-refractivity contribution in [1.29, 1.82) is 0 Å². The Hall–Kier alpha value is -2.83. The summed E-state index contributed by atoms with van der Waals surface area (Å²) in [6, 6.07) is 19.7. The molecule has 0 aliphatic carbocycles. The van der Waals surface area contributed by atoms with Crippen LogP contribution in [-0.4, -0.2) is 42.6 Å². The molecule has 6 heteroatoms. The minimum Gasteiger partial charge on any atom is -0.492 e. The van der Waals surface area contributed by atoms with E-state index in [4.69, 9.17) is 4.74 Å². The van der Waals surface area contributed by atoms with Gasteiger partial charge in [-0.25, -0.2) is 13.2 Å². The Balaban J connectivity index is 1.32. The van der Waals surface area contributed by atoms with Crippen molar-refractivity contribution in [3.8, 4) is 5.75 Å². The van der Waals surface area contributed by atoms with Crippen LogP contribution in [0.1, 0.15) is 48.8 Å². The standard InChI is InChI=1S/C32H37F3N2O/c33-28-12-3-1-10-26(28)22-37-20-21-38-30-14-4-2-8-25(30)9-5-6-15-32(24-37)16-18-36(19-17-32)23-27-11-7-13-29(34)31(27)35/h1-4,7-8,10-14H,5-6,9,15-24H2. The van der Waals surface area contributed by atoms with Crippen LogP contribution < -0.4 is 4.74 Å². The first-order valence-corrected chi connectivity index (χ1v) is 13.8. The normalized spacial score (nSPS) is 19.2. The predicted octanol–water partition coefficient (Wildman–Crippen LogP) is 6.99. The number of hydrogen-bond donors (Lipinski definition) is 0. The van der Waals surface area contributed by atoms with Gasteiger partial charge in [-0.2, -0.15) is 0 Å². The van der Waals surface area contributed by atoms with Crippen LogP contribution in [0, 0.1) is 22.9 Å². The van der Waals surface area contributed by atoms with E-state index in [1.165, 1.54) is 17.7 Å². The van der Waals surface area contributed by atoms with Gasteiger partial charge < -0.3 is 4.74 Å². The molecule has 202 valence electrons. The Morgan fingerprint density at radius 3 is 2.24 bits per heavy atom. The highest BCUT2D eigenvalue weighted by Gasteiger charge is 2.36. The summed E-state index contributed by atoms with van der Waals surface area (Å²) in [4.78, 5) is 4.59. The van der Waals surface area contributed by atoms with E-state index in [0.717, 1.165) is 63.9 Å². The average molecular weight is 523 g/mol. The SMILES string of the molecule is Fc1ccccc1CN1CCOc2ccccc2CCCCC2(CCN(Cc3cccc(F)c3F)CC2)C1. The van der Waals surface area contributed by atoms with Crippen LogP contribution in [0.5, 0.6) is 5.75 Å². The van der Waals surface area contributed by atoms with Crippen molar-refractivity contribution < 1.29 is 17.9 Å². The van der Waals surface area contributed by atoms with Crippen LogP contribution in [-0.2, 0) is 19.5 Å². The van der Waals surface area contributed by atoms with E-state index in [9.17, 15) is 13.2 Å². The fraction of sp³-hybridized carbons (Fsp3) is 0.438. The van der Waals surface area contributed by atoms with Crippen molar-refractivity contribution in [3.63, 3.8) is 0 Å². The molecule has 1 fully saturated rings. The quantitative estimate of drug-likeness (QED) is 0.367. The number of nitrogens with zero attached hydrogens (tertiary/aromatic N) is 2. The third kappa shape index (κ3) is 6.59. The summed E-state index contributed by atoms with van der Waals surface area (Å²) in [6.07, 6.45) is 6.26. The molecule has 1 spiro atoms. The molecule has 3 nitrogen and oxygen atoms in total. The van der Waals surface area contributed by atoms with E-state index in [1.54, 1.807) is 18.2 Å². The number of piperidine rings is 1. The molecule has 3 aromatic rings. The first-order chi connectivity index (χ1) is 18.5. The number of hydrogen-bond acceptors (Lipinski definition) is 3. The highest BCUT2D eigenvalue weighted by atomic mass is 19.2. The summed E-state index contributed by atoms with van der Waals surface area (Å²) in [5.41, 5.74) is 2.46. The van der Waals surface area contributed by atoms with Crippen LogP contribution in [0.3, 0.4) is 0 Å². The molecule has 0 atom stereocenters. The molecule has 0 amide bonds. The van der Waals surface area contributed by atoms with Crippen molar-refractivity contribution in [2.45, 2.75) is 51.6 Å². The number of ether oxygens (including phenoxy) is 1. The zero-order valence-corrected chi connectivity index (χ0v) is 22.0. The number of fused-ring (bicyclic) bond motifs is 1. The van der Waals surface area contributed by atoms with E-state index in [2.05, 4.69) is 21.9 Å². The third-order valence-corrected chi connectivity index (χ3v) is 8.29. The largest absolute Gasteiger partial charge is 0.492 e. The van der Waals surface area contributed by atoms with E-state index in [-0.39, 0.29) is 11.2 Å². The van der Waals surface area contributed by atoms with Crippen molar-refractivity contribution in [2.24, 2.45) is 5.41 Å². The number of rotatable bonds is 4. The number of aryl methyl sites for hydroxylation is 1. The fourth-order valence-corrected chi connectivity index (χ4v) is 6.09. The van der Waals surface area contributed by atoms with Crippen molar-refractivity contribution >= 4 is 0 Å². The highest BCUT2D eigenvalue weighted by Crippen LogP contribution is 2.39. The highest BCUT2D eigenvalue weighted by molar-refractivity contribution is 5.33. The minimum atomic E-state index is -0.789. The molecule has 38 heavy (non-hydrogen) atoms. The lowest BCUT2D eigenvalue weighted by Gasteiger charge is -2.45. The Bertz CT molecular complexity index is 1210. The monoisotopic (exact) mass is 522 g/mol. The molecule has 2 aliphatic heterocycles. The van der Waals surface area contributed by atoms with Crippen LogP contribution in [0.4, 0.5) is 13.2 Å². The van der Waals surface area contributed by atoms with Crippen molar-refractivity contribution in [2.75, 3.05) is 32.8 Å². The summed E-state index contributed by atoms with van der Waals surface area (Å²) in [6.45, 7) is 4.76. The second-order valence-electron chi connectivity index (χ2n) is 11.0. The van der Waals surface area contributed by atoms with Crippen LogP contribution in [0.25, 0.3) is 0 Å². The number of halogens is 3. The first-order valence-electron chi connectivity index (χ1n) is 13.8. The summed E-state index contributed by atoms with van der Waals surface area (Å²) in [5.74, 6) is -0.754. The van der Waals surface area contributed by atoms with Crippen LogP contribution >= 0.6 is 0 Å². The molecule has 0 radical (unpaired) electrons. The molecule has 0 unspecified atom stereocenters. The molecule has 0 N–H and O–H groups in total. The lowest BCUT2D eigenvalue weighted by atomic mass is 9.73. The Labute approximate surface area is 224 Å². The van der Waals surface area contributed by atoms with Gasteiger partial charge in [0.2, 0.25) is 0 Å². The summed E-state index contributed by atoms with van der Waals surface area (Å²) in [5, 5.41) is 0. The predicted molar refractivity (Wildman–Crippen MR) is 144 cm³/mol. The number of likely N-dealkylation sites (tertiary alicyclic amines) is 1. The molecular weight excluding hydrogens is 485 g/mol. The third-order valence-electron chi connectivity index (χ3n) is 8.29. The van der Waals surface area contributed by atoms with Gasteiger partial charge in [-0.1, -0.05) is 55.0 Å². The first kappa shape index (κ1) is 26.8. The number of para-hydroxylation sites is 1. The van der Waals surface area contributed by atoms with Gasteiger partial charge >= 0.3 is 0 Å². The van der Waals surface area contributed by atoms with Gasteiger partial charge in [-0.3, -0.25) is 9.80 Å². The molecule has 2 aliphatic rings. The van der Waals surface area contributed by atoms with E-state index in [0.29, 0.717) is 37.4 Å². The summed E-state index contributed by atoms with van der Waals surface area (Å²) < 4.78 is 48.9. The molecule has 1 saturated heterocycles. The molecule has 2 heterocycles. The minimum absolute atomic E-state index is 0.0982. The number of benzene rings is 3. The zero-order valence-electron chi connectivity index (χ0n) is 22.0. The Kier molecular flexibility index (Phi) is 8.70. The van der Waals surface area contributed by atoms with Gasteiger partial charge in [0.05, 0.1) is 0 Å². The molecular formula is C32H37F3N2O. The van der Waals surface area contributed by atoms with Crippen LogP contribution in [0.15, 0.2) is 66.7 Å². The maximum atomic E-state index is 14.6. The summed E-state index contributed by atoms with van der Waals surface area (Å²) in [7, 11) is 0. The fourth-order valence-electron chi connectivity index (χ4n) is 6.09. The van der Waals surface area contributed by atoms with Gasteiger partial charge in [0.15, 0.2) is 11.6 Å². The smallest absolute Gasteiger partial charge is 0.163 e. The molecule has 0 saturated carbocycles. The lowest BCUT2D eigenvalue weighted by molar-refractivity contribution is 0.0402. The second kappa shape index (κ2) is 12.4.